The van der Waals surface area contributed by atoms with Crippen LogP contribution in [-0.4, -0.2) is 23.6 Å². The van der Waals surface area contributed by atoms with Crippen LogP contribution in [0.15, 0.2) is 42.5 Å². The predicted octanol–water partition coefficient (Wildman–Crippen LogP) is 3.36. The topological polar surface area (TPSA) is 75.6 Å². The minimum absolute atomic E-state index is 0.169. The van der Waals surface area contributed by atoms with Gasteiger partial charge in [-0.1, -0.05) is 23.7 Å². The largest absolute Gasteiger partial charge is 0.482 e. The number of carbonyl (C=O) groups is 2. The van der Waals surface area contributed by atoms with E-state index in [0.717, 1.165) is 0 Å². The summed E-state index contributed by atoms with van der Waals surface area (Å²) < 4.78 is 5.33. The van der Waals surface area contributed by atoms with Gasteiger partial charge in [0.1, 0.15) is 5.75 Å². The molecular formula is C16H14ClNO4. The van der Waals surface area contributed by atoms with E-state index in [1.807, 2.05) is 0 Å². The number of benzene rings is 2. The second-order valence-electron chi connectivity index (χ2n) is 4.60. The summed E-state index contributed by atoms with van der Waals surface area (Å²) >= 11 is 5.93. The van der Waals surface area contributed by atoms with E-state index in [1.165, 1.54) is 12.1 Å². The first-order valence-corrected chi connectivity index (χ1v) is 6.86. The van der Waals surface area contributed by atoms with E-state index in [-0.39, 0.29) is 18.1 Å². The van der Waals surface area contributed by atoms with Gasteiger partial charge in [-0.2, -0.15) is 0 Å². The Morgan fingerprint density at radius 1 is 1.23 bits per heavy atom. The number of amides is 1. The van der Waals surface area contributed by atoms with Crippen LogP contribution in [0.25, 0.3) is 0 Å². The van der Waals surface area contributed by atoms with Crippen molar-refractivity contribution in [1.29, 1.82) is 0 Å². The predicted molar refractivity (Wildman–Crippen MR) is 83.7 cm³/mol. The van der Waals surface area contributed by atoms with E-state index in [4.69, 9.17) is 21.4 Å². The number of aromatic carboxylic acids is 1. The van der Waals surface area contributed by atoms with Gasteiger partial charge >= 0.3 is 5.97 Å². The van der Waals surface area contributed by atoms with Gasteiger partial charge in [0.2, 0.25) is 0 Å². The number of para-hydroxylation sites is 1. The Labute approximate surface area is 132 Å². The van der Waals surface area contributed by atoms with Crippen molar-refractivity contribution in [3.05, 3.63) is 58.6 Å². The lowest BCUT2D eigenvalue weighted by Gasteiger charge is -2.10. The molecule has 5 nitrogen and oxygen atoms in total. The van der Waals surface area contributed by atoms with E-state index in [1.54, 1.807) is 37.3 Å². The molecule has 0 spiro atoms. The van der Waals surface area contributed by atoms with E-state index in [2.05, 4.69) is 5.32 Å². The van der Waals surface area contributed by atoms with E-state index in [0.29, 0.717) is 22.0 Å². The van der Waals surface area contributed by atoms with Crippen molar-refractivity contribution in [3.8, 4) is 5.75 Å². The standard InChI is InChI=1S/C16H14ClNO4/c1-10-8-11(16(20)21)6-7-13(10)18-15(19)9-22-14-5-3-2-4-12(14)17/h2-8H,9H2,1H3,(H,18,19)(H,20,21). The normalized spacial score (nSPS) is 10.1. The zero-order chi connectivity index (χ0) is 16.1. The van der Waals surface area contributed by atoms with Crippen molar-refractivity contribution in [2.24, 2.45) is 0 Å². The van der Waals surface area contributed by atoms with E-state index < -0.39 is 5.97 Å². The molecule has 6 heteroatoms. The smallest absolute Gasteiger partial charge is 0.335 e. The van der Waals surface area contributed by atoms with E-state index in [9.17, 15) is 9.59 Å². The number of hydrogen-bond donors (Lipinski definition) is 2. The van der Waals surface area contributed by atoms with Gasteiger partial charge in [0, 0.05) is 5.69 Å². The fraction of sp³-hybridized carbons (Fsp3) is 0.125. The summed E-state index contributed by atoms with van der Waals surface area (Å²) in [7, 11) is 0. The van der Waals surface area contributed by atoms with Crippen molar-refractivity contribution in [2.75, 3.05) is 11.9 Å². The van der Waals surface area contributed by atoms with Crippen LogP contribution in [0, 0.1) is 6.92 Å². The van der Waals surface area contributed by atoms with Crippen LogP contribution in [0.4, 0.5) is 5.69 Å². The van der Waals surface area contributed by atoms with Crippen LogP contribution < -0.4 is 10.1 Å². The van der Waals surface area contributed by atoms with Gasteiger partial charge in [0.25, 0.3) is 5.91 Å². The van der Waals surface area contributed by atoms with Gasteiger partial charge < -0.3 is 15.2 Å². The summed E-state index contributed by atoms with van der Waals surface area (Å²) in [6, 6.07) is 11.3. The molecule has 0 atom stereocenters. The number of rotatable bonds is 5. The summed E-state index contributed by atoms with van der Waals surface area (Å²) in [5.41, 5.74) is 1.37. The van der Waals surface area contributed by atoms with Crippen molar-refractivity contribution in [3.63, 3.8) is 0 Å². The molecule has 0 saturated carbocycles. The van der Waals surface area contributed by atoms with Gasteiger partial charge in [-0.3, -0.25) is 4.79 Å². The minimum atomic E-state index is -1.01. The lowest BCUT2D eigenvalue weighted by atomic mass is 10.1. The number of halogens is 1. The molecule has 2 N–H and O–H groups in total. The van der Waals surface area contributed by atoms with Gasteiger partial charge in [-0.05, 0) is 42.8 Å². The molecule has 0 heterocycles. The Bertz CT molecular complexity index is 715. The summed E-state index contributed by atoms with van der Waals surface area (Å²) in [6.45, 7) is 1.53. The summed E-state index contributed by atoms with van der Waals surface area (Å²) in [5, 5.41) is 12.0. The molecule has 2 aromatic rings. The molecule has 2 rings (SSSR count). The molecule has 1 amide bonds. The van der Waals surface area contributed by atoms with Crippen molar-refractivity contribution >= 4 is 29.2 Å². The van der Waals surface area contributed by atoms with Crippen LogP contribution >= 0.6 is 11.6 Å². The first-order chi connectivity index (χ1) is 10.5. The first-order valence-electron chi connectivity index (χ1n) is 6.48. The molecule has 0 aliphatic carbocycles. The van der Waals surface area contributed by atoms with E-state index >= 15 is 0 Å². The number of carboxylic acids is 1. The second-order valence-corrected chi connectivity index (χ2v) is 5.01. The van der Waals surface area contributed by atoms with Crippen molar-refractivity contribution in [1.82, 2.24) is 0 Å². The highest BCUT2D eigenvalue weighted by Gasteiger charge is 2.09. The number of nitrogens with one attached hydrogen (secondary N) is 1. The fourth-order valence-corrected chi connectivity index (χ4v) is 2.02. The van der Waals surface area contributed by atoms with Crippen LogP contribution in [0.5, 0.6) is 5.75 Å². The molecule has 0 fully saturated rings. The highest BCUT2D eigenvalue weighted by Crippen LogP contribution is 2.23. The van der Waals surface area contributed by atoms with Gasteiger partial charge in [-0.25, -0.2) is 4.79 Å². The molecule has 2 aromatic carbocycles. The molecule has 0 aromatic heterocycles. The molecule has 0 aliphatic heterocycles. The first kappa shape index (κ1) is 15.9. The van der Waals surface area contributed by atoms with Crippen LogP contribution in [0.1, 0.15) is 15.9 Å². The Balaban J connectivity index is 1.98. The third-order valence-electron chi connectivity index (χ3n) is 2.94. The quantitative estimate of drug-likeness (QED) is 0.886. The molecule has 0 radical (unpaired) electrons. The van der Waals surface area contributed by atoms with Gasteiger partial charge in [0.15, 0.2) is 6.61 Å². The van der Waals surface area contributed by atoms with Gasteiger partial charge in [-0.15, -0.1) is 0 Å². The maximum atomic E-state index is 11.9. The molecule has 0 saturated heterocycles. The number of aryl methyl sites for hydroxylation is 1. The SMILES string of the molecule is Cc1cc(C(=O)O)ccc1NC(=O)COc1ccccc1Cl. The third kappa shape index (κ3) is 3.99. The monoisotopic (exact) mass is 319 g/mol. The average Bonchev–Trinajstić information content (AvgIpc) is 2.48. The van der Waals surface area contributed by atoms with Crippen molar-refractivity contribution in [2.45, 2.75) is 6.92 Å². The second kappa shape index (κ2) is 6.95. The highest BCUT2D eigenvalue weighted by atomic mass is 35.5. The zero-order valence-corrected chi connectivity index (χ0v) is 12.6. The lowest BCUT2D eigenvalue weighted by molar-refractivity contribution is -0.118. The molecule has 22 heavy (non-hydrogen) atoms. The molecule has 0 unspecified atom stereocenters. The summed E-state index contributed by atoms with van der Waals surface area (Å²) in [6.07, 6.45) is 0. The molecule has 114 valence electrons. The number of carboxylic acid groups (broad SMARTS) is 1. The maximum Gasteiger partial charge on any atom is 0.335 e. The zero-order valence-electron chi connectivity index (χ0n) is 11.8. The molecular weight excluding hydrogens is 306 g/mol. The summed E-state index contributed by atoms with van der Waals surface area (Å²) in [5.74, 6) is -0.939. The number of carbonyl (C=O) groups excluding carboxylic acids is 1. The lowest BCUT2D eigenvalue weighted by Crippen LogP contribution is -2.20. The maximum absolute atomic E-state index is 11.9. The van der Waals surface area contributed by atoms with Crippen molar-refractivity contribution < 1.29 is 19.4 Å². The Kier molecular flexibility index (Phi) is 5.01. The fourth-order valence-electron chi connectivity index (χ4n) is 1.83. The third-order valence-corrected chi connectivity index (χ3v) is 3.26. The molecule has 0 aliphatic rings. The van der Waals surface area contributed by atoms with Crippen LogP contribution in [0.3, 0.4) is 0 Å². The highest BCUT2D eigenvalue weighted by molar-refractivity contribution is 6.32. The number of ether oxygens (including phenoxy) is 1. The Morgan fingerprint density at radius 3 is 2.59 bits per heavy atom. The number of hydrogen-bond acceptors (Lipinski definition) is 3. The Hall–Kier alpha value is -2.53. The average molecular weight is 320 g/mol. The van der Waals surface area contributed by atoms with Gasteiger partial charge in [0.05, 0.1) is 10.6 Å². The summed E-state index contributed by atoms with van der Waals surface area (Å²) in [4.78, 5) is 22.7. The molecule has 0 bridgehead atoms. The number of anilines is 1. The Morgan fingerprint density at radius 2 is 1.95 bits per heavy atom. The minimum Gasteiger partial charge on any atom is -0.482 e. The van der Waals surface area contributed by atoms with Crippen LogP contribution in [0.2, 0.25) is 5.02 Å². The van der Waals surface area contributed by atoms with Crippen LogP contribution in [-0.2, 0) is 4.79 Å².